The fourth-order valence-electron chi connectivity index (χ4n) is 1.54. The SMILES string of the molecule is Cn1cc(C(=O)O)c(C(=O)Nc2ccc(F)cc2)n1. The van der Waals surface area contributed by atoms with Crippen molar-refractivity contribution in [3.05, 3.63) is 47.5 Å². The number of aryl methyl sites for hydroxylation is 1. The van der Waals surface area contributed by atoms with Crippen LogP contribution >= 0.6 is 0 Å². The van der Waals surface area contributed by atoms with Gasteiger partial charge in [-0.05, 0) is 24.3 Å². The van der Waals surface area contributed by atoms with E-state index in [1.54, 1.807) is 0 Å². The number of anilines is 1. The van der Waals surface area contributed by atoms with Crippen molar-refractivity contribution in [1.29, 1.82) is 0 Å². The molecule has 0 aliphatic carbocycles. The molecule has 0 atom stereocenters. The van der Waals surface area contributed by atoms with Crippen LogP contribution in [0.2, 0.25) is 0 Å². The van der Waals surface area contributed by atoms with Crippen LogP contribution in [0, 0.1) is 5.82 Å². The number of nitrogens with zero attached hydrogens (tertiary/aromatic N) is 2. The first-order chi connectivity index (χ1) is 8.97. The van der Waals surface area contributed by atoms with Crippen LogP contribution in [0.25, 0.3) is 0 Å². The zero-order valence-corrected chi connectivity index (χ0v) is 9.92. The van der Waals surface area contributed by atoms with Crippen molar-refractivity contribution in [1.82, 2.24) is 9.78 Å². The van der Waals surface area contributed by atoms with Gasteiger partial charge in [-0.3, -0.25) is 9.48 Å². The van der Waals surface area contributed by atoms with Gasteiger partial charge in [0, 0.05) is 18.9 Å². The Morgan fingerprint density at radius 2 is 1.95 bits per heavy atom. The molecule has 0 fully saturated rings. The van der Waals surface area contributed by atoms with Gasteiger partial charge in [0.25, 0.3) is 5.91 Å². The molecule has 1 aromatic heterocycles. The van der Waals surface area contributed by atoms with Crippen molar-refractivity contribution in [2.24, 2.45) is 7.05 Å². The van der Waals surface area contributed by atoms with Crippen molar-refractivity contribution >= 4 is 17.6 Å². The number of carboxylic acid groups (broad SMARTS) is 1. The standard InChI is InChI=1S/C12H10FN3O3/c1-16-6-9(12(18)19)10(15-16)11(17)14-8-4-2-7(13)3-5-8/h2-6H,1H3,(H,14,17)(H,18,19). The van der Waals surface area contributed by atoms with Crippen molar-refractivity contribution in [3.63, 3.8) is 0 Å². The molecule has 2 N–H and O–H groups in total. The highest BCUT2D eigenvalue weighted by molar-refractivity contribution is 6.09. The highest BCUT2D eigenvalue weighted by Crippen LogP contribution is 2.12. The zero-order valence-electron chi connectivity index (χ0n) is 9.92. The summed E-state index contributed by atoms with van der Waals surface area (Å²) < 4.78 is 14.0. The second-order valence-electron chi connectivity index (χ2n) is 3.83. The molecule has 19 heavy (non-hydrogen) atoms. The lowest BCUT2D eigenvalue weighted by Gasteiger charge is -2.03. The number of hydrogen-bond acceptors (Lipinski definition) is 3. The topological polar surface area (TPSA) is 84.2 Å². The molecular weight excluding hydrogens is 253 g/mol. The smallest absolute Gasteiger partial charge is 0.339 e. The van der Waals surface area contributed by atoms with Gasteiger partial charge < -0.3 is 10.4 Å². The zero-order chi connectivity index (χ0) is 14.0. The number of carbonyl (C=O) groups excluding carboxylic acids is 1. The number of hydrogen-bond donors (Lipinski definition) is 2. The van der Waals surface area contributed by atoms with Gasteiger partial charge in [0.2, 0.25) is 0 Å². The Balaban J connectivity index is 2.25. The molecule has 0 aliphatic rings. The summed E-state index contributed by atoms with van der Waals surface area (Å²) in [7, 11) is 1.51. The number of nitrogens with one attached hydrogen (secondary N) is 1. The van der Waals surface area contributed by atoms with Crippen molar-refractivity contribution in [2.75, 3.05) is 5.32 Å². The maximum atomic E-state index is 12.7. The highest BCUT2D eigenvalue weighted by atomic mass is 19.1. The van der Waals surface area contributed by atoms with E-state index in [-0.39, 0.29) is 11.3 Å². The summed E-state index contributed by atoms with van der Waals surface area (Å²) in [5.74, 6) is -2.33. The molecule has 2 rings (SSSR count). The van der Waals surface area contributed by atoms with Crippen LogP contribution in [0.5, 0.6) is 0 Å². The molecule has 0 unspecified atom stereocenters. The lowest BCUT2D eigenvalue weighted by molar-refractivity contribution is 0.0692. The number of amides is 1. The van der Waals surface area contributed by atoms with Gasteiger partial charge >= 0.3 is 5.97 Å². The molecule has 0 saturated heterocycles. The van der Waals surface area contributed by atoms with Crippen molar-refractivity contribution in [2.45, 2.75) is 0 Å². The molecule has 98 valence electrons. The second kappa shape index (κ2) is 4.89. The lowest BCUT2D eigenvalue weighted by atomic mass is 10.2. The number of benzene rings is 1. The monoisotopic (exact) mass is 263 g/mol. The van der Waals surface area contributed by atoms with Crippen molar-refractivity contribution < 1.29 is 19.1 Å². The number of aromatic carboxylic acids is 1. The Hall–Kier alpha value is -2.70. The van der Waals surface area contributed by atoms with Gasteiger partial charge in [-0.25, -0.2) is 9.18 Å². The summed E-state index contributed by atoms with van der Waals surface area (Å²) in [5, 5.41) is 15.2. The van der Waals surface area contributed by atoms with Crippen LogP contribution < -0.4 is 5.32 Å². The molecule has 0 spiro atoms. The van der Waals surface area contributed by atoms with Crippen molar-refractivity contribution in [3.8, 4) is 0 Å². The van der Waals surface area contributed by atoms with Crippen LogP contribution in [0.4, 0.5) is 10.1 Å². The number of halogens is 1. The predicted molar refractivity (Wildman–Crippen MR) is 64.5 cm³/mol. The van der Waals surface area contributed by atoms with Crippen LogP contribution in [0.1, 0.15) is 20.8 Å². The number of aromatic nitrogens is 2. The van der Waals surface area contributed by atoms with Gasteiger partial charge in [0.05, 0.1) is 0 Å². The second-order valence-corrected chi connectivity index (χ2v) is 3.83. The Morgan fingerprint density at radius 1 is 1.32 bits per heavy atom. The minimum absolute atomic E-state index is 0.192. The summed E-state index contributed by atoms with van der Waals surface area (Å²) in [6.07, 6.45) is 1.24. The number of carbonyl (C=O) groups is 2. The first-order valence-corrected chi connectivity index (χ1v) is 5.31. The van der Waals surface area contributed by atoms with E-state index in [9.17, 15) is 14.0 Å². The first kappa shape index (κ1) is 12.7. The normalized spacial score (nSPS) is 10.2. The molecule has 1 heterocycles. The van der Waals surface area contributed by atoms with Gasteiger partial charge in [0.1, 0.15) is 11.4 Å². The summed E-state index contributed by atoms with van der Waals surface area (Å²) in [6, 6.07) is 5.12. The summed E-state index contributed by atoms with van der Waals surface area (Å²) >= 11 is 0. The maximum absolute atomic E-state index is 12.7. The molecule has 1 amide bonds. The molecule has 1 aromatic carbocycles. The van der Waals surface area contributed by atoms with Gasteiger partial charge in [-0.1, -0.05) is 0 Å². The average molecular weight is 263 g/mol. The quantitative estimate of drug-likeness (QED) is 0.879. The Bertz CT molecular complexity index is 634. The Kier molecular flexibility index (Phi) is 3.28. The van der Waals surface area contributed by atoms with E-state index in [1.807, 2.05) is 0 Å². The van der Waals surface area contributed by atoms with Gasteiger partial charge in [-0.15, -0.1) is 0 Å². The average Bonchev–Trinajstić information content (AvgIpc) is 2.74. The lowest BCUT2D eigenvalue weighted by Crippen LogP contribution is -2.16. The number of carboxylic acids is 1. The molecular formula is C12H10FN3O3. The minimum atomic E-state index is -1.24. The third-order valence-corrected chi connectivity index (χ3v) is 2.38. The molecule has 0 bridgehead atoms. The Morgan fingerprint density at radius 3 is 2.53 bits per heavy atom. The molecule has 0 saturated carbocycles. The molecule has 6 nitrogen and oxygen atoms in total. The van der Waals surface area contributed by atoms with E-state index in [2.05, 4.69) is 10.4 Å². The van der Waals surface area contributed by atoms with Crippen LogP contribution in [-0.4, -0.2) is 26.8 Å². The summed E-state index contributed by atoms with van der Waals surface area (Å²) in [4.78, 5) is 22.8. The van der Waals surface area contributed by atoms with E-state index in [1.165, 1.54) is 42.2 Å². The predicted octanol–water partition coefficient (Wildman–Crippen LogP) is 1.51. The third-order valence-electron chi connectivity index (χ3n) is 2.38. The maximum Gasteiger partial charge on any atom is 0.339 e. The summed E-state index contributed by atoms with van der Waals surface area (Å²) in [5.41, 5.74) is -0.0326. The van der Waals surface area contributed by atoms with E-state index in [4.69, 9.17) is 5.11 Å². The largest absolute Gasteiger partial charge is 0.478 e. The van der Waals surface area contributed by atoms with E-state index < -0.39 is 17.7 Å². The first-order valence-electron chi connectivity index (χ1n) is 5.31. The molecule has 2 aromatic rings. The van der Waals surface area contributed by atoms with E-state index in [0.29, 0.717) is 5.69 Å². The van der Waals surface area contributed by atoms with Crippen LogP contribution in [0.3, 0.4) is 0 Å². The Labute approximate surface area is 107 Å². The molecule has 0 radical (unpaired) electrons. The minimum Gasteiger partial charge on any atom is -0.478 e. The fourth-order valence-corrected chi connectivity index (χ4v) is 1.54. The van der Waals surface area contributed by atoms with E-state index in [0.717, 1.165) is 0 Å². The molecule has 7 heteroatoms. The van der Waals surface area contributed by atoms with Crippen LogP contribution in [0.15, 0.2) is 30.5 Å². The highest BCUT2D eigenvalue weighted by Gasteiger charge is 2.20. The molecule has 0 aliphatic heterocycles. The summed E-state index contributed by atoms with van der Waals surface area (Å²) in [6.45, 7) is 0. The third kappa shape index (κ3) is 2.76. The van der Waals surface area contributed by atoms with Gasteiger partial charge in [-0.2, -0.15) is 5.10 Å². The number of rotatable bonds is 3. The van der Waals surface area contributed by atoms with Crippen LogP contribution in [-0.2, 0) is 7.05 Å². The fraction of sp³-hybridized carbons (Fsp3) is 0.0833. The van der Waals surface area contributed by atoms with Gasteiger partial charge in [0.15, 0.2) is 5.69 Å². The van der Waals surface area contributed by atoms with E-state index >= 15 is 0 Å².